The SMILES string of the molecule is COC1=c2nc(NC(=O)c3ccc(COCN(C)C)cc3)sc2=C(c2ccncc2)CN1. The van der Waals surface area contributed by atoms with Gasteiger partial charge >= 0.3 is 0 Å². The van der Waals surface area contributed by atoms with Gasteiger partial charge in [-0.15, -0.1) is 0 Å². The van der Waals surface area contributed by atoms with E-state index in [-0.39, 0.29) is 5.91 Å². The molecule has 8 nitrogen and oxygen atoms in total. The number of aromatic nitrogens is 2. The number of thiazole rings is 1. The van der Waals surface area contributed by atoms with Crippen LogP contribution < -0.4 is 20.5 Å². The van der Waals surface area contributed by atoms with E-state index in [4.69, 9.17) is 9.47 Å². The summed E-state index contributed by atoms with van der Waals surface area (Å²) >= 11 is 1.43. The van der Waals surface area contributed by atoms with Gasteiger partial charge in [0.05, 0.1) is 25.0 Å². The standard InChI is InChI=1S/C23H25N5O3S/c1-28(2)14-31-13-15-4-6-17(7-5-15)21(29)27-23-26-19-20(32-23)18(12-25-22(19)30-3)16-8-10-24-11-9-16/h4-11,25H,12-14H2,1-3H3,(H,26,27,29). The fraction of sp³-hybridized carbons (Fsp3) is 0.261. The average Bonchev–Trinajstić information content (AvgIpc) is 3.22. The Morgan fingerprint density at radius 1 is 1.19 bits per heavy atom. The van der Waals surface area contributed by atoms with Gasteiger partial charge in [-0.1, -0.05) is 23.5 Å². The van der Waals surface area contributed by atoms with E-state index in [9.17, 15) is 4.79 Å². The van der Waals surface area contributed by atoms with Gasteiger partial charge in [0, 0.05) is 24.5 Å². The summed E-state index contributed by atoms with van der Waals surface area (Å²) in [5.41, 5.74) is 3.71. The van der Waals surface area contributed by atoms with Crippen LogP contribution in [-0.2, 0) is 16.1 Å². The number of benzene rings is 1. The Hall–Kier alpha value is -3.27. The number of anilines is 1. The van der Waals surface area contributed by atoms with Crippen LogP contribution in [0.2, 0.25) is 0 Å². The van der Waals surface area contributed by atoms with Gasteiger partial charge in [-0.2, -0.15) is 0 Å². The van der Waals surface area contributed by atoms with Crippen molar-refractivity contribution in [1.29, 1.82) is 0 Å². The second-order valence-electron chi connectivity index (χ2n) is 7.51. The highest BCUT2D eigenvalue weighted by molar-refractivity contribution is 7.13. The molecule has 4 rings (SSSR count). The topological polar surface area (TPSA) is 88.6 Å². The maximum Gasteiger partial charge on any atom is 0.257 e. The minimum atomic E-state index is -0.214. The number of hydrogen-bond donors (Lipinski definition) is 2. The number of nitrogens with one attached hydrogen (secondary N) is 2. The van der Waals surface area contributed by atoms with Crippen molar-refractivity contribution >= 4 is 33.8 Å². The molecule has 1 aliphatic heterocycles. The summed E-state index contributed by atoms with van der Waals surface area (Å²) < 4.78 is 12.0. The lowest BCUT2D eigenvalue weighted by Gasteiger charge is -2.15. The zero-order valence-electron chi connectivity index (χ0n) is 18.2. The first-order valence-electron chi connectivity index (χ1n) is 10.1. The minimum Gasteiger partial charge on any atom is -0.481 e. The number of carbonyl (C=O) groups excluding carboxylic acids is 1. The molecule has 0 saturated heterocycles. The van der Waals surface area contributed by atoms with E-state index < -0.39 is 0 Å². The predicted molar refractivity (Wildman–Crippen MR) is 124 cm³/mol. The lowest BCUT2D eigenvalue weighted by molar-refractivity contribution is 0.0451. The van der Waals surface area contributed by atoms with E-state index in [0.717, 1.165) is 21.2 Å². The van der Waals surface area contributed by atoms with Crippen LogP contribution in [0.5, 0.6) is 0 Å². The van der Waals surface area contributed by atoms with E-state index in [1.165, 1.54) is 11.3 Å². The molecule has 0 fully saturated rings. The second-order valence-corrected chi connectivity index (χ2v) is 8.51. The van der Waals surface area contributed by atoms with Crippen molar-refractivity contribution in [2.45, 2.75) is 6.61 Å². The van der Waals surface area contributed by atoms with Crippen LogP contribution in [-0.4, -0.2) is 55.3 Å². The molecule has 0 aliphatic carbocycles. The normalized spacial score (nSPS) is 13.0. The number of rotatable bonds is 8. The first-order valence-corrected chi connectivity index (χ1v) is 10.9. The van der Waals surface area contributed by atoms with Crippen LogP contribution in [0.25, 0.3) is 11.5 Å². The Morgan fingerprint density at radius 2 is 1.94 bits per heavy atom. The second kappa shape index (κ2) is 9.90. The first-order chi connectivity index (χ1) is 15.5. The minimum absolute atomic E-state index is 0.214. The van der Waals surface area contributed by atoms with Crippen LogP contribution in [0, 0.1) is 0 Å². The van der Waals surface area contributed by atoms with Crippen molar-refractivity contribution in [3.05, 3.63) is 75.4 Å². The molecule has 32 heavy (non-hydrogen) atoms. The highest BCUT2D eigenvalue weighted by Crippen LogP contribution is 2.16. The molecule has 3 aromatic rings. The van der Waals surface area contributed by atoms with Crippen LogP contribution in [0.3, 0.4) is 0 Å². The first kappa shape index (κ1) is 21.9. The Bertz CT molecular complexity index is 1210. The summed E-state index contributed by atoms with van der Waals surface area (Å²) in [6, 6.07) is 11.3. The van der Waals surface area contributed by atoms with E-state index in [1.807, 2.05) is 43.3 Å². The molecule has 0 saturated carbocycles. The van der Waals surface area contributed by atoms with Gasteiger partial charge in [0.25, 0.3) is 5.91 Å². The lowest BCUT2D eigenvalue weighted by Crippen LogP contribution is -2.40. The molecule has 166 valence electrons. The average molecular weight is 452 g/mol. The molecule has 9 heteroatoms. The van der Waals surface area contributed by atoms with Crippen molar-refractivity contribution in [2.75, 3.05) is 39.8 Å². The number of carbonyl (C=O) groups is 1. The van der Waals surface area contributed by atoms with Gasteiger partial charge in [0.2, 0.25) is 5.88 Å². The van der Waals surface area contributed by atoms with Gasteiger partial charge in [-0.25, -0.2) is 4.98 Å². The summed E-state index contributed by atoms with van der Waals surface area (Å²) in [6.07, 6.45) is 3.52. The largest absolute Gasteiger partial charge is 0.481 e. The van der Waals surface area contributed by atoms with Crippen molar-refractivity contribution < 1.29 is 14.3 Å². The fourth-order valence-corrected chi connectivity index (χ4v) is 4.31. The van der Waals surface area contributed by atoms with Crippen molar-refractivity contribution in [1.82, 2.24) is 20.2 Å². The summed E-state index contributed by atoms with van der Waals surface area (Å²) in [6.45, 7) is 1.65. The molecule has 0 atom stereocenters. The Balaban J connectivity index is 1.56. The maximum atomic E-state index is 12.8. The van der Waals surface area contributed by atoms with Crippen molar-refractivity contribution in [2.24, 2.45) is 0 Å². The number of amides is 1. The van der Waals surface area contributed by atoms with E-state index in [2.05, 4.69) is 20.6 Å². The van der Waals surface area contributed by atoms with Crippen molar-refractivity contribution in [3.63, 3.8) is 0 Å². The molecular formula is C23H25N5O3S. The molecule has 3 heterocycles. The highest BCUT2D eigenvalue weighted by Gasteiger charge is 2.18. The monoisotopic (exact) mass is 451 g/mol. The van der Waals surface area contributed by atoms with Crippen LogP contribution in [0.4, 0.5) is 5.13 Å². The van der Waals surface area contributed by atoms with Crippen molar-refractivity contribution in [3.8, 4) is 0 Å². The zero-order chi connectivity index (χ0) is 22.5. The number of fused-ring (bicyclic) bond motifs is 1. The number of methoxy groups -OCH3 is 1. The van der Waals surface area contributed by atoms with Crippen LogP contribution >= 0.6 is 11.3 Å². The molecule has 2 N–H and O–H groups in total. The summed E-state index contributed by atoms with van der Waals surface area (Å²) in [5.74, 6) is 0.380. The summed E-state index contributed by atoms with van der Waals surface area (Å²) in [4.78, 5) is 23.5. The van der Waals surface area contributed by atoms with E-state index in [1.54, 1.807) is 31.6 Å². The van der Waals surface area contributed by atoms with Crippen LogP contribution in [0.15, 0.2) is 48.8 Å². The van der Waals surface area contributed by atoms with Crippen LogP contribution in [0.1, 0.15) is 21.5 Å². The molecule has 1 aromatic carbocycles. The summed E-state index contributed by atoms with van der Waals surface area (Å²) in [7, 11) is 5.50. The number of hydrogen-bond acceptors (Lipinski definition) is 8. The van der Waals surface area contributed by atoms with E-state index >= 15 is 0 Å². The van der Waals surface area contributed by atoms with Gasteiger partial charge in [0.15, 0.2) is 5.13 Å². The Morgan fingerprint density at radius 3 is 2.62 bits per heavy atom. The van der Waals surface area contributed by atoms with Gasteiger partial charge in [0.1, 0.15) is 5.35 Å². The Kier molecular flexibility index (Phi) is 6.79. The number of pyridine rings is 1. The molecule has 1 aliphatic rings. The van der Waals surface area contributed by atoms with Gasteiger partial charge in [-0.05, 0) is 55.1 Å². The maximum absolute atomic E-state index is 12.8. The molecule has 0 bridgehead atoms. The third-order valence-corrected chi connectivity index (χ3v) is 5.86. The smallest absolute Gasteiger partial charge is 0.257 e. The Labute approximate surface area is 190 Å². The molecular weight excluding hydrogens is 426 g/mol. The third-order valence-electron chi connectivity index (χ3n) is 4.83. The van der Waals surface area contributed by atoms with Gasteiger partial charge in [-0.3, -0.25) is 20.0 Å². The summed E-state index contributed by atoms with van der Waals surface area (Å²) in [5, 5.41) is 7.38. The third kappa shape index (κ3) is 4.96. The number of nitrogens with zero attached hydrogens (tertiary/aromatic N) is 3. The quantitative estimate of drug-likeness (QED) is 0.500. The molecule has 0 radical (unpaired) electrons. The predicted octanol–water partition coefficient (Wildman–Crippen LogP) is 1.34. The molecule has 0 unspecified atom stereocenters. The molecule has 0 spiro atoms. The van der Waals surface area contributed by atoms with E-state index in [0.29, 0.717) is 41.8 Å². The highest BCUT2D eigenvalue weighted by atomic mass is 32.1. The molecule has 1 amide bonds. The lowest BCUT2D eigenvalue weighted by atomic mass is 10.1. The zero-order valence-corrected chi connectivity index (χ0v) is 19.0. The molecule has 2 aromatic heterocycles. The number of ether oxygens (including phenoxy) is 2. The fourth-order valence-electron chi connectivity index (χ4n) is 3.29. The van der Waals surface area contributed by atoms with Gasteiger partial charge < -0.3 is 14.8 Å².